The van der Waals surface area contributed by atoms with E-state index in [1.54, 1.807) is 0 Å². The highest BCUT2D eigenvalue weighted by molar-refractivity contribution is 8.93. The molecule has 0 unspecified atom stereocenters. The SMILES string of the molecule is Br.CCCN1C=CN(CC)C1. The van der Waals surface area contributed by atoms with Gasteiger partial charge in [0.1, 0.15) is 0 Å². The van der Waals surface area contributed by atoms with Gasteiger partial charge in [0.15, 0.2) is 0 Å². The first-order valence-electron chi connectivity index (χ1n) is 4.03. The summed E-state index contributed by atoms with van der Waals surface area (Å²) in [6, 6.07) is 0. The van der Waals surface area contributed by atoms with Crippen LogP contribution in [0.2, 0.25) is 0 Å². The van der Waals surface area contributed by atoms with Crippen molar-refractivity contribution in [1.29, 1.82) is 0 Å². The van der Waals surface area contributed by atoms with E-state index in [1.807, 2.05) is 0 Å². The molecule has 11 heavy (non-hydrogen) atoms. The predicted octanol–water partition coefficient (Wildman–Crippen LogP) is 2.04. The molecule has 0 N–H and O–H groups in total. The number of halogens is 1. The van der Waals surface area contributed by atoms with Crippen molar-refractivity contribution in [3.05, 3.63) is 12.4 Å². The first kappa shape index (κ1) is 10.8. The molecule has 0 aromatic carbocycles. The van der Waals surface area contributed by atoms with E-state index in [-0.39, 0.29) is 17.0 Å². The van der Waals surface area contributed by atoms with Crippen LogP contribution in [0.3, 0.4) is 0 Å². The Morgan fingerprint density at radius 1 is 1.18 bits per heavy atom. The summed E-state index contributed by atoms with van der Waals surface area (Å²) in [7, 11) is 0. The topological polar surface area (TPSA) is 6.48 Å². The first-order valence-corrected chi connectivity index (χ1v) is 4.03. The average molecular weight is 221 g/mol. The number of nitrogens with zero attached hydrogens (tertiary/aromatic N) is 2. The molecule has 0 radical (unpaired) electrons. The minimum Gasteiger partial charge on any atom is -0.359 e. The quantitative estimate of drug-likeness (QED) is 0.719. The molecule has 0 amide bonds. The van der Waals surface area contributed by atoms with Gasteiger partial charge in [-0.1, -0.05) is 6.92 Å². The van der Waals surface area contributed by atoms with Crippen LogP contribution >= 0.6 is 17.0 Å². The Bertz CT molecular complexity index is 125. The minimum absolute atomic E-state index is 0. The van der Waals surface area contributed by atoms with Gasteiger partial charge in [0.05, 0.1) is 6.67 Å². The van der Waals surface area contributed by atoms with Crippen LogP contribution in [0.4, 0.5) is 0 Å². The Labute approximate surface area is 79.6 Å². The van der Waals surface area contributed by atoms with Crippen molar-refractivity contribution in [2.45, 2.75) is 20.3 Å². The second-order valence-corrected chi connectivity index (χ2v) is 2.66. The number of hydrogen-bond acceptors (Lipinski definition) is 2. The van der Waals surface area contributed by atoms with Gasteiger partial charge in [-0.05, 0) is 13.3 Å². The van der Waals surface area contributed by atoms with E-state index in [1.165, 1.54) is 13.0 Å². The summed E-state index contributed by atoms with van der Waals surface area (Å²) < 4.78 is 0. The molecular weight excluding hydrogens is 204 g/mol. The lowest BCUT2D eigenvalue weighted by Crippen LogP contribution is -2.25. The Balaban J connectivity index is 0.000001000. The molecule has 0 aromatic heterocycles. The zero-order valence-electron chi connectivity index (χ0n) is 7.29. The highest BCUT2D eigenvalue weighted by Gasteiger charge is 2.07. The monoisotopic (exact) mass is 220 g/mol. The van der Waals surface area contributed by atoms with E-state index in [0.717, 1.165) is 13.2 Å². The maximum Gasteiger partial charge on any atom is 0.0893 e. The highest BCUT2D eigenvalue weighted by atomic mass is 79.9. The van der Waals surface area contributed by atoms with E-state index in [4.69, 9.17) is 0 Å². The lowest BCUT2D eigenvalue weighted by Gasteiger charge is -2.18. The molecule has 1 aliphatic rings. The van der Waals surface area contributed by atoms with Crippen molar-refractivity contribution in [1.82, 2.24) is 9.80 Å². The summed E-state index contributed by atoms with van der Waals surface area (Å²) in [4.78, 5) is 4.64. The van der Waals surface area contributed by atoms with Gasteiger partial charge in [-0.2, -0.15) is 0 Å². The van der Waals surface area contributed by atoms with Gasteiger partial charge in [-0.15, -0.1) is 17.0 Å². The van der Waals surface area contributed by atoms with Crippen LogP contribution in [0.1, 0.15) is 20.3 Å². The third-order valence-electron chi connectivity index (χ3n) is 1.77. The molecule has 0 saturated heterocycles. The van der Waals surface area contributed by atoms with Gasteiger partial charge in [0.2, 0.25) is 0 Å². The summed E-state index contributed by atoms with van der Waals surface area (Å²) in [5.41, 5.74) is 0. The molecule has 1 heterocycles. The standard InChI is InChI=1S/C8H16N2.BrH/c1-3-5-10-7-6-9(4-2)8-10;/h6-7H,3-5,8H2,1-2H3;1H. The van der Waals surface area contributed by atoms with E-state index in [2.05, 4.69) is 36.0 Å². The second-order valence-electron chi connectivity index (χ2n) is 2.66. The van der Waals surface area contributed by atoms with Crippen LogP contribution in [0.15, 0.2) is 12.4 Å². The highest BCUT2D eigenvalue weighted by Crippen LogP contribution is 2.05. The maximum absolute atomic E-state index is 2.34. The van der Waals surface area contributed by atoms with E-state index < -0.39 is 0 Å². The van der Waals surface area contributed by atoms with Crippen molar-refractivity contribution in [2.24, 2.45) is 0 Å². The molecule has 0 spiro atoms. The summed E-state index contributed by atoms with van der Waals surface area (Å²) in [5, 5.41) is 0. The second kappa shape index (κ2) is 5.47. The zero-order chi connectivity index (χ0) is 7.40. The smallest absolute Gasteiger partial charge is 0.0893 e. The van der Waals surface area contributed by atoms with Gasteiger partial charge < -0.3 is 9.80 Å². The first-order chi connectivity index (χ1) is 4.86. The predicted molar refractivity (Wildman–Crippen MR) is 53.7 cm³/mol. The van der Waals surface area contributed by atoms with Gasteiger partial charge in [0.25, 0.3) is 0 Å². The van der Waals surface area contributed by atoms with Crippen molar-refractivity contribution in [2.75, 3.05) is 19.8 Å². The van der Waals surface area contributed by atoms with Crippen LogP contribution in [0, 0.1) is 0 Å². The summed E-state index contributed by atoms with van der Waals surface area (Å²) in [6.07, 6.45) is 5.57. The average Bonchev–Trinajstić information content (AvgIpc) is 2.37. The van der Waals surface area contributed by atoms with Crippen LogP contribution in [-0.4, -0.2) is 29.6 Å². The zero-order valence-corrected chi connectivity index (χ0v) is 9.00. The van der Waals surface area contributed by atoms with E-state index in [9.17, 15) is 0 Å². The lowest BCUT2D eigenvalue weighted by molar-refractivity contribution is 0.273. The molecule has 0 saturated carbocycles. The molecule has 0 aromatic rings. The Kier molecular flexibility index (Phi) is 5.38. The van der Waals surface area contributed by atoms with Gasteiger partial charge in [-0.3, -0.25) is 0 Å². The van der Waals surface area contributed by atoms with Gasteiger partial charge >= 0.3 is 0 Å². The van der Waals surface area contributed by atoms with E-state index >= 15 is 0 Å². The molecule has 3 heteroatoms. The van der Waals surface area contributed by atoms with Crippen molar-refractivity contribution < 1.29 is 0 Å². The number of hydrogen-bond donors (Lipinski definition) is 0. The summed E-state index contributed by atoms with van der Waals surface area (Å²) in [6.45, 7) is 7.79. The Morgan fingerprint density at radius 3 is 2.27 bits per heavy atom. The molecule has 1 aliphatic heterocycles. The van der Waals surface area contributed by atoms with Crippen LogP contribution in [0.5, 0.6) is 0 Å². The molecule has 0 aliphatic carbocycles. The van der Waals surface area contributed by atoms with Crippen LogP contribution in [-0.2, 0) is 0 Å². The number of rotatable bonds is 3. The Hall–Kier alpha value is -0.180. The fraction of sp³-hybridized carbons (Fsp3) is 0.750. The van der Waals surface area contributed by atoms with Crippen molar-refractivity contribution >= 4 is 17.0 Å². The molecule has 1 rings (SSSR count). The van der Waals surface area contributed by atoms with Crippen molar-refractivity contribution in [3.8, 4) is 0 Å². The van der Waals surface area contributed by atoms with Gasteiger partial charge in [0, 0.05) is 25.5 Å². The van der Waals surface area contributed by atoms with E-state index in [0.29, 0.717) is 0 Å². The molecule has 0 atom stereocenters. The summed E-state index contributed by atoms with van der Waals surface area (Å²) in [5.74, 6) is 0. The molecule has 2 nitrogen and oxygen atoms in total. The Morgan fingerprint density at radius 2 is 1.82 bits per heavy atom. The molecule has 0 bridgehead atoms. The van der Waals surface area contributed by atoms with Gasteiger partial charge in [-0.25, -0.2) is 0 Å². The third kappa shape index (κ3) is 3.14. The molecular formula is C8H17BrN2. The maximum atomic E-state index is 2.34. The lowest BCUT2D eigenvalue weighted by atomic mass is 10.4. The normalized spacial score (nSPS) is 15.5. The minimum atomic E-state index is 0. The fourth-order valence-electron chi connectivity index (χ4n) is 1.15. The largest absolute Gasteiger partial charge is 0.359 e. The molecule has 0 fully saturated rings. The third-order valence-corrected chi connectivity index (χ3v) is 1.77. The van der Waals surface area contributed by atoms with Crippen LogP contribution in [0.25, 0.3) is 0 Å². The van der Waals surface area contributed by atoms with Crippen LogP contribution < -0.4 is 0 Å². The molecule has 66 valence electrons. The van der Waals surface area contributed by atoms with Crippen molar-refractivity contribution in [3.63, 3.8) is 0 Å². The fourth-order valence-corrected chi connectivity index (χ4v) is 1.15. The summed E-state index contributed by atoms with van der Waals surface area (Å²) >= 11 is 0.